The number of nitrogens with zero attached hydrogens (tertiary/aromatic N) is 8. The number of fused-ring (bicyclic) bond motifs is 1. The van der Waals surface area contributed by atoms with Crippen molar-refractivity contribution in [1.29, 1.82) is 0 Å². The molecular weight excluding hydrogens is 516 g/mol. The first kappa shape index (κ1) is 26.5. The minimum Gasteiger partial charge on any atom is -0.368 e. The van der Waals surface area contributed by atoms with E-state index in [0.717, 1.165) is 56.1 Å². The molecule has 0 aliphatic carbocycles. The molecule has 3 heterocycles. The Bertz CT molecular complexity index is 1690. The quantitative estimate of drug-likeness (QED) is 0.285. The molecule has 10 nitrogen and oxygen atoms in total. The van der Waals surface area contributed by atoms with E-state index in [-0.39, 0.29) is 11.6 Å². The number of anilines is 2. The zero-order valence-electron chi connectivity index (χ0n) is 23.4. The van der Waals surface area contributed by atoms with Crippen LogP contribution in [0.25, 0.3) is 16.7 Å². The van der Waals surface area contributed by atoms with Crippen LogP contribution in [0.15, 0.2) is 83.9 Å². The van der Waals surface area contributed by atoms with E-state index >= 15 is 0 Å². The van der Waals surface area contributed by atoms with Crippen LogP contribution in [0.4, 0.5) is 11.4 Å². The monoisotopic (exact) mass is 550 g/mol. The largest absolute Gasteiger partial charge is 0.368 e. The predicted octanol–water partition coefficient (Wildman–Crippen LogP) is 4.23. The highest BCUT2D eigenvalue weighted by atomic mass is 16.2. The number of carbonyl (C=O) groups is 1. The van der Waals surface area contributed by atoms with E-state index in [4.69, 9.17) is 0 Å². The SMILES string of the molecule is CC(C)CCCn1ncn(-c2ccc(N3CCN(c4ccc(C(=O)n5nnc6ccccc65)cc4)CC3)cc2)c1=O. The topological polar surface area (TPSA) is 94.1 Å². The lowest BCUT2D eigenvalue weighted by atomic mass is 10.1. The number of piperazine rings is 1. The minimum atomic E-state index is -0.195. The summed E-state index contributed by atoms with van der Waals surface area (Å²) >= 11 is 0. The third-order valence-electron chi connectivity index (χ3n) is 7.68. The molecule has 0 atom stereocenters. The highest BCUT2D eigenvalue weighted by Crippen LogP contribution is 2.23. The summed E-state index contributed by atoms with van der Waals surface area (Å²) in [7, 11) is 0. The first-order chi connectivity index (χ1) is 20.0. The average molecular weight is 551 g/mol. The molecule has 0 unspecified atom stereocenters. The first-order valence-electron chi connectivity index (χ1n) is 14.2. The molecule has 41 heavy (non-hydrogen) atoms. The molecule has 5 aromatic rings. The predicted molar refractivity (Wildman–Crippen MR) is 160 cm³/mol. The zero-order chi connectivity index (χ0) is 28.3. The summed E-state index contributed by atoms with van der Waals surface area (Å²) in [5.41, 5.74) is 4.91. The van der Waals surface area contributed by atoms with Gasteiger partial charge in [-0.05, 0) is 79.4 Å². The van der Waals surface area contributed by atoms with Crippen molar-refractivity contribution in [2.45, 2.75) is 33.2 Å². The highest BCUT2D eigenvalue weighted by molar-refractivity contribution is 6.00. The molecule has 0 amide bonds. The van der Waals surface area contributed by atoms with Gasteiger partial charge >= 0.3 is 5.69 Å². The maximum absolute atomic E-state index is 13.0. The molecule has 0 N–H and O–H groups in total. The second kappa shape index (κ2) is 11.4. The van der Waals surface area contributed by atoms with Gasteiger partial charge in [0.15, 0.2) is 0 Å². The molecular formula is C31H34N8O2. The summed E-state index contributed by atoms with van der Waals surface area (Å²) in [6.45, 7) is 8.50. The Balaban J connectivity index is 1.06. The van der Waals surface area contributed by atoms with Crippen molar-refractivity contribution in [2.75, 3.05) is 36.0 Å². The normalized spacial score (nSPS) is 13.8. The highest BCUT2D eigenvalue weighted by Gasteiger charge is 2.19. The van der Waals surface area contributed by atoms with Gasteiger partial charge in [0.25, 0.3) is 5.91 Å². The molecule has 1 aliphatic heterocycles. The summed E-state index contributed by atoms with van der Waals surface area (Å²) in [6.07, 6.45) is 3.63. The Morgan fingerprint density at radius 2 is 1.44 bits per heavy atom. The second-order valence-electron chi connectivity index (χ2n) is 10.9. The van der Waals surface area contributed by atoms with E-state index in [1.54, 1.807) is 15.6 Å². The van der Waals surface area contributed by atoms with E-state index in [1.807, 2.05) is 60.7 Å². The standard InChI is InChI=1S/C31H34N8O2/c1-23(2)6-5-17-38-31(41)37(22-32-38)27-15-13-26(14-16-27)36-20-18-35(19-21-36)25-11-9-24(10-12-25)30(40)39-29-8-4-3-7-28(29)33-34-39/h3-4,7-16,22-23H,5-6,17-21H2,1-2H3. The minimum absolute atomic E-state index is 0.0996. The smallest absolute Gasteiger partial charge is 0.350 e. The summed E-state index contributed by atoms with van der Waals surface area (Å²) in [4.78, 5) is 30.5. The summed E-state index contributed by atoms with van der Waals surface area (Å²) in [5.74, 6) is 0.421. The molecule has 6 rings (SSSR count). The summed E-state index contributed by atoms with van der Waals surface area (Å²) < 4.78 is 4.51. The molecule has 3 aromatic carbocycles. The van der Waals surface area contributed by atoms with E-state index in [9.17, 15) is 9.59 Å². The Kier molecular flexibility index (Phi) is 7.37. The molecule has 10 heteroatoms. The van der Waals surface area contributed by atoms with Gasteiger partial charge in [-0.15, -0.1) is 5.10 Å². The van der Waals surface area contributed by atoms with Gasteiger partial charge < -0.3 is 9.80 Å². The third kappa shape index (κ3) is 5.50. The summed E-state index contributed by atoms with van der Waals surface area (Å²) in [5, 5.41) is 12.4. The van der Waals surface area contributed by atoms with Gasteiger partial charge in [0.2, 0.25) is 0 Å². The second-order valence-corrected chi connectivity index (χ2v) is 10.9. The van der Waals surface area contributed by atoms with Gasteiger partial charge in [0.1, 0.15) is 11.8 Å². The fourth-order valence-electron chi connectivity index (χ4n) is 5.32. The van der Waals surface area contributed by atoms with Crippen LogP contribution < -0.4 is 15.5 Å². The fraction of sp³-hybridized carbons (Fsp3) is 0.323. The van der Waals surface area contributed by atoms with Gasteiger partial charge in [-0.1, -0.05) is 31.2 Å². The van der Waals surface area contributed by atoms with Crippen molar-refractivity contribution in [3.8, 4) is 5.69 Å². The van der Waals surface area contributed by atoms with Crippen molar-refractivity contribution in [3.63, 3.8) is 0 Å². The lowest BCUT2D eigenvalue weighted by molar-refractivity contribution is 0.0948. The van der Waals surface area contributed by atoms with Crippen molar-refractivity contribution < 1.29 is 4.79 Å². The van der Waals surface area contributed by atoms with Gasteiger partial charge in [0.05, 0.1) is 11.2 Å². The lowest BCUT2D eigenvalue weighted by Gasteiger charge is -2.37. The number of hydrogen-bond acceptors (Lipinski definition) is 7. The van der Waals surface area contributed by atoms with Gasteiger partial charge in [-0.25, -0.2) is 14.0 Å². The van der Waals surface area contributed by atoms with E-state index in [0.29, 0.717) is 29.1 Å². The number of aryl methyl sites for hydroxylation is 1. The van der Waals surface area contributed by atoms with Gasteiger partial charge in [-0.2, -0.15) is 9.78 Å². The number of para-hydroxylation sites is 1. The molecule has 1 saturated heterocycles. The van der Waals surface area contributed by atoms with E-state index in [1.165, 1.54) is 4.68 Å². The number of carbonyl (C=O) groups excluding carboxylic acids is 1. The van der Waals surface area contributed by atoms with Crippen LogP contribution in [0.1, 0.15) is 37.0 Å². The van der Waals surface area contributed by atoms with Crippen LogP contribution in [0.5, 0.6) is 0 Å². The zero-order valence-corrected chi connectivity index (χ0v) is 23.4. The first-order valence-corrected chi connectivity index (χ1v) is 14.2. The number of benzene rings is 3. The van der Waals surface area contributed by atoms with Crippen molar-refractivity contribution >= 4 is 28.3 Å². The maximum Gasteiger partial charge on any atom is 0.350 e. The van der Waals surface area contributed by atoms with E-state index in [2.05, 4.69) is 51.2 Å². The molecule has 1 fully saturated rings. The molecule has 0 radical (unpaired) electrons. The van der Waals surface area contributed by atoms with Crippen LogP contribution in [-0.4, -0.2) is 61.4 Å². The van der Waals surface area contributed by atoms with Gasteiger partial charge in [-0.3, -0.25) is 4.79 Å². The lowest BCUT2D eigenvalue weighted by Crippen LogP contribution is -2.46. The van der Waals surface area contributed by atoms with Crippen LogP contribution in [0.2, 0.25) is 0 Å². The Hall–Kier alpha value is -4.73. The van der Waals surface area contributed by atoms with Crippen LogP contribution in [0, 0.1) is 5.92 Å². The molecule has 0 saturated carbocycles. The van der Waals surface area contributed by atoms with E-state index < -0.39 is 0 Å². The molecule has 2 aromatic heterocycles. The molecule has 0 spiro atoms. The fourth-order valence-corrected chi connectivity index (χ4v) is 5.32. The third-order valence-corrected chi connectivity index (χ3v) is 7.68. The maximum atomic E-state index is 13.0. The average Bonchev–Trinajstić information content (AvgIpc) is 3.60. The van der Waals surface area contributed by atoms with Crippen LogP contribution >= 0.6 is 0 Å². The van der Waals surface area contributed by atoms with Crippen LogP contribution in [0.3, 0.4) is 0 Å². The summed E-state index contributed by atoms with van der Waals surface area (Å²) in [6, 6.07) is 23.3. The number of hydrogen-bond donors (Lipinski definition) is 0. The Labute approximate surface area is 238 Å². The van der Waals surface area contributed by atoms with Gasteiger partial charge in [0, 0.05) is 49.7 Å². The van der Waals surface area contributed by atoms with Crippen molar-refractivity contribution in [2.24, 2.45) is 5.92 Å². The van der Waals surface area contributed by atoms with Crippen molar-refractivity contribution in [1.82, 2.24) is 29.3 Å². The Morgan fingerprint density at radius 3 is 2.10 bits per heavy atom. The molecule has 0 bridgehead atoms. The molecule has 1 aliphatic rings. The Morgan fingerprint density at radius 1 is 0.829 bits per heavy atom. The number of rotatable bonds is 8. The van der Waals surface area contributed by atoms with Crippen LogP contribution in [-0.2, 0) is 6.54 Å². The molecule has 210 valence electrons. The number of aromatic nitrogens is 6. The van der Waals surface area contributed by atoms with Crippen molar-refractivity contribution in [3.05, 3.63) is 95.2 Å².